The van der Waals surface area contributed by atoms with Gasteiger partial charge < -0.3 is 14.8 Å². The Labute approximate surface area is 147 Å². The van der Waals surface area contributed by atoms with Gasteiger partial charge in [-0.1, -0.05) is 11.6 Å². The lowest BCUT2D eigenvalue weighted by Crippen LogP contribution is -2.08. The Hall–Kier alpha value is -2.51. The first-order valence-corrected chi connectivity index (χ1v) is 8.19. The third-order valence-corrected chi connectivity index (χ3v) is 4.30. The van der Waals surface area contributed by atoms with Gasteiger partial charge in [0.25, 0.3) is 0 Å². The summed E-state index contributed by atoms with van der Waals surface area (Å²) in [6.07, 6.45) is 4.88. The molecule has 0 fully saturated rings. The molecule has 124 valence electrons. The van der Waals surface area contributed by atoms with Gasteiger partial charge in [0.15, 0.2) is 10.1 Å². The molecule has 0 aliphatic carbocycles. The van der Waals surface area contributed by atoms with Crippen molar-refractivity contribution in [3.05, 3.63) is 46.7 Å². The van der Waals surface area contributed by atoms with Crippen LogP contribution in [0.25, 0.3) is 11.0 Å². The topological polar surface area (TPSA) is 64.9 Å². The highest BCUT2D eigenvalue weighted by atomic mass is 35.5. The standard InChI is InChI=1S/C16H14ClN3O3S/c1-22-11-7-10(8-12(9-11)23-2)18-14(21)4-3-13-15(17)19-16-20(13)5-6-24-16/h3-9H,1-2H3,(H,18,21)/b4-3+. The quantitative estimate of drug-likeness (QED) is 0.702. The van der Waals surface area contributed by atoms with Crippen LogP contribution in [-0.4, -0.2) is 29.5 Å². The number of ether oxygens (including phenoxy) is 2. The largest absolute Gasteiger partial charge is 0.497 e. The Morgan fingerprint density at radius 2 is 2.00 bits per heavy atom. The van der Waals surface area contributed by atoms with Gasteiger partial charge in [0.1, 0.15) is 11.5 Å². The van der Waals surface area contributed by atoms with Gasteiger partial charge in [-0.05, 0) is 6.08 Å². The van der Waals surface area contributed by atoms with Crippen LogP contribution in [0.5, 0.6) is 11.5 Å². The number of thiazole rings is 1. The summed E-state index contributed by atoms with van der Waals surface area (Å²) in [5.41, 5.74) is 1.23. The first-order chi connectivity index (χ1) is 11.6. The van der Waals surface area contributed by atoms with Crippen LogP contribution >= 0.6 is 22.9 Å². The van der Waals surface area contributed by atoms with Gasteiger partial charge in [0.05, 0.1) is 19.9 Å². The van der Waals surface area contributed by atoms with E-state index in [1.165, 1.54) is 17.4 Å². The van der Waals surface area contributed by atoms with Crippen LogP contribution in [0, 0.1) is 0 Å². The highest BCUT2D eigenvalue weighted by molar-refractivity contribution is 7.15. The molecule has 0 aliphatic heterocycles. The number of anilines is 1. The number of hydrogen-bond acceptors (Lipinski definition) is 5. The van der Waals surface area contributed by atoms with Crippen LogP contribution in [0.1, 0.15) is 5.69 Å². The van der Waals surface area contributed by atoms with Crippen LogP contribution in [-0.2, 0) is 4.79 Å². The van der Waals surface area contributed by atoms with Crippen molar-refractivity contribution in [2.45, 2.75) is 0 Å². The Morgan fingerprint density at radius 3 is 2.67 bits per heavy atom. The molecule has 0 aliphatic rings. The maximum absolute atomic E-state index is 12.1. The van der Waals surface area contributed by atoms with Crippen LogP contribution in [0.2, 0.25) is 5.15 Å². The van der Waals surface area contributed by atoms with Gasteiger partial charge in [-0.2, -0.15) is 0 Å². The minimum atomic E-state index is -0.299. The number of nitrogens with one attached hydrogen (secondary N) is 1. The van der Waals surface area contributed by atoms with E-state index in [1.54, 1.807) is 38.5 Å². The number of carbonyl (C=O) groups is 1. The zero-order chi connectivity index (χ0) is 17.1. The summed E-state index contributed by atoms with van der Waals surface area (Å²) >= 11 is 7.56. The van der Waals surface area contributed by atoms with Crippen molar-refractivity contribution in [3.63, 3.8) is 0 Å². The minimum absolute atomic E-state index is 0.299. The van der Waals surface area contributed by atoms with E-state index >= 15 is 0 Å². The molecule has 3 rings (SSSR count). The van der Waals surface area contributed by atoms with Crippen LogP contribution in [0.3, 0.4) is 0 Å². The number of rotatable bonds is 5. The van der Waals surface area contributed by atoms with E-state index in [1.807, 2.05) is 16.0 Å². The summed E-state index contributed by atoms with van der Waals surface area (Å²) in [4.78, 5) is 17.1. The lowest BCUT2D eigenvalue weighted by atomic mass is 10.2. The molecule has 0 saturated carbocycles. The van der Waals surface area contributed by atoms with Gasteiger partial charge in [-0.15, -0.1) is 11.3 Å². The lowest BCUT2D eigenvalue weighted by Gasteiger charge is -2.08. The zero-order valence-corrected chi connectivity index (χ0v) is 14.5. The van der Waals surface area contributed by atoms with Crippen molar-refractivity contribution >= 4 is 45.6 Å². The normalized spacial score (nSPS) is 11.1. The first kappa shape index (κ1) is 16.4. The maximum atomic E-state index is 12.1. The second-order valence-corrected chi connectivity index (χ2v) is 6.00. The number of benzene rings is 1. The van der Waals surface area contributed by atoms with Gasteiger partial charge in [-0.3, -0.25) is 9.20 Å². The van der Waals surface area contributed by atoms with Crippen molar-refractivity contribution in [3.8, 4) is 11.5 Å². The second kappa shape index (κ2) is 6.94. The minimum Gasteiger partial charge on any atom is -0.497 e. The predicted octanol–water partition coefficient (Wildman–Crippen LogP) is 3.72. The number of carbonyl (C=O) groups excluding carboxylic acids is 1. The van der Waals surface area contributed by atoms with E-state index in [-0.39, 0.29) is 5.91 Å². The van der Waals surface area contributed by atoms with Gasteiger partial charge in [-0.25, -0.2) is 4.98 Å². The number of fused-ring (bicyclic) bond motifs is 1. The molecule has 0 bridgehead atoms. The number of hydrogen-bond donors (Lipinski definition) is 1. The van der Waals surface area contributed by atoms with Crippen LogP contribution in [0.4, 0.5) is 5.69 Å². The molecule has 0 spiro atoms. The first-order valence-electron chi connectivity index (χ1n) is 6.94. The molecule has 2 aromatic heterocycles. The molecule has 8 heteroatoms. The molecule has 0 atom stereocenters. The van der Waals surface area contributed by atoms with Crippen LogP contribution in [0.15, 0.2) is 35.9 Å². The van der Waals surface area contributed by atoms with Gasteiger partial charge in [0, 0.05) is 41.5 Å². The summed E-state index contributed by atoms with van der Waals surface area (Å²) in [7, 11) is 3.10. The fraction of sp³-hybridized carbons (Fsp3) is 0.125. The van der Waals surface area contributed by atoms with Crippen molar-refractivity contribution in [1.29, 1.82) is 0 Å². The summed E-state index contributed by atoms with van der Waals surface area (Å²) in [5, 5.41) is 5.02. The smallest absolute Gasteiger partial charge is 0.248 e. The molecule has 2 heterocycles. The molecule has 6 nitrogen and oxygen atoms in total. The molecule has 1 aromatic carbocycles. The molecule has 0 radical (unpaired) electrons. The maximum Gasteiger partial charge on any atom is 0.248 e. The molecule has 3 aromatic rings. The monoisotopic (exact) mass is 363 g/mol. The van der Waals surface area contributed by atoms with E-state index in [9.17, 15) is 4.79 Å². The Balaban J connectivity index is 1.78. The number of halogens is 1. The lowest BCUT2D eigenvalue weighted by molar-refractivity contribution is -0.111. The fourth-order valence-corrected chi connectivity index (χ4v) is 3.15. The summed E-state index contributed by atoms with van der Waals surface area (Å²) in [5.74, 6) is 0.881. The average Bonchev–Trinajstić information content (AvgIpc) is 3.13. The fourth-order valence-electron chi connectivity index (χ4n) is 2.14. The number of aromatic nitrogens is 2. The molecular weight excluding hydrogens is 350 g/mol. The van der Waals surface area contributed by atoms with Crippen molar-refractivity contribution in [1.82, 2.24) is 9.38 Å². The van der Waals surface area contributed by atoms with E-state index in [0.29, 0.717) is 28.0 Å². The van der Waals surface area contributed by atoms with E-state index < -0.39 is 0 Å². The number of imidazole rings is 1. The number of methoxy groups -OCH3 is 2. The molecule has 0 unspecified atom stereocenters. The van der Waals surface area contributed by atoms with E-state index in [2.05, 4.69) is 10.3 Å². The Kier molecular flexibility index (Phi) is 4.73. The molecule has 1 amide bonds. The third-order valence-electron chi connectivity index (χ3n) is 3.27. The van der Waals surface area contributed by atoms with Crippen molar-refractivity contribution in [2.24, 2.45) is 0 Å². The average molecular weight is 364 g/mol. The Bertz CT molecular complexity index is 894. The highest BCUT2D eigenvalue weighted by Gasteiger charge is 2.09. The molecule has 1 N–H and O–H groups in total. The molecular formula is C16H14ClN3O3S. The van der Waals surface area contributed by atoms with E-state index in [4.69, 9.17) is 21.1 Å². The number of nitrogens with zero attached hydrogens (tertiary/aromatic N) is 2. The Morgan fingerprint density at radius 1 is 1.29 bits per heavy atom. The third kappa shape index (κ3) is 3.37. The number of amides is 1. The van der Waals surface area contributed by atoms with Gasteiger partial charge in [0.2, 0.25) is 5.91 Å². The SMILES string of the molecule is COc1cc(NC(=O)/C=C/c2c(Cl)nc3sccn23)cc(OC)c1. The zero-order valence-electron chi connectivity index (χ0n) is 12.9. The molecule has 0 saturated heterocycles. The van der Waals surface area contributed by atoms with Crippen molar-refractivity contribution in [2.75, 3.05) is 19.5 Å². The predicted molar refractivity (Wildman–Crippen MR) is 95.3 cm³/mol. The van der Waals surface area contributed by atoms with E-state index in [0.717, 1.165) is 4.96 Å². The highest BCUT2D eigenvalue weighted by Crippen LogP contribution is 2.26. The molecule has 24 heavy (non-hydrogen) atoms. The summed E-state index contributed by atoms with van der Waals surface area (Å²) in [6.45, 7) is 0. The second-order valence-electron chi connectivity index (χ2n) is 4.77. The van der Waals surface area contributed by atoms with Crippen LogP contribution < -0.4 is 14.8 Å². The summed E-state index contributed by atoms with van der Waals surface area (Å²) in [6, 6.07) is 5.14. The summed E-state index contributed by atoms with van der Waals surface area (Å²) < 4.78 is 12.2. The van der Waals surface area contributed by atoms with Crippen molar-refractivity contribution < 1.29 is 14.3 Å². The van der Waals surface area contributed by atoms with Gasteiger partial charge >= 0.3 is 0 Å².